The van der Waals surface area contributed by atoms with Crippen molar-refractivity contribution in [2.24, 2.45) is 10.7 Å². The maximum atomic E-state index is 5.89. The minimum atomic E-state index is 0. The topological polar surface area (TPSA) is 72.5 Å². The molecule has 23 heavy (non-hydrogen) atoms. The fourth-order valence-corrected chi connectivity index (χ4v) is 2.92. The third-order valence-electron chi connectivity index (χ3n) is 3.41. The van der Waals surface area contributed by atoms with Gasteiger partial charge in [0.25, 0.3) is 0 Å². The van der Waals surface area contributed by atoms with E-state index in [9.17, 15) is 0 Å². The van der Waals surface area contributed by atoms with E-state index < -0.39 is 0 Å². The van der Waals surface area contributed by atoms with Crippen LogP contribution in [0, 0.1) is 13.8 Å². The minimum absolute atomic E-state index is 0. The third kappa shape index (κ3) is 5.65. The maximum absolute atomic E-state index is 5.89. The molecule has 2 aromatic rings. The minimum Gasteiger partial charge on any atom is -0.496 e. The molecule has 7 heteroatoms. The maximum Gasteiger partial charge on any atom is 0.188 e. The number of nitrogens with zero attached hydrogens (tertiary/aromatic N) is 2. The van der Waals surface area contributed by atoms with Crippen LogP contribution in [-0.2, 0) is 13.0 Å². The number of thiophene rings is 1. The molecule has 2 heterocycles. The average Bonchev–Trinajstić information content (AvgIpc) is 3.00. The molecule has 0 aliphatic rings. The number of pyridine rings is 1. The Hall–Kier alpha value is -1.35. The number of halogens is 1. The van der Waals surface area contributed by atoms with Crippen LogP contribution in [0.5, 0.6) is 5.75 Å². The Balaban J connectivity index is 0.00000264. The highest BCUT2D eigenvalue weighted by molar-refractivity contribution is 14.0. The molecule has 0 bridgehead atoms. The largest absolute Gasteiger partial charge is 0.496 e. The lowest BCUT2D eigenvalue weighted by atomic mass is 10.1. The first-order chi connectivity index (χ1) is 10.6. The van der Waals surface area contributed by atoms with E-state index in [0.717, 1.165) is 35.5 Å². The molecule has 0 aliphatic heterocycles. The van der Waals surface area contributed by atoms with Crippen LogP contribution in [0.1, 0.15) is 21.7 Å². The van der Waals surface area contributed by atoms with Gasteiger partial charge in [-0.15, -0.1) is 35.3 Å². The summed E-state index contributed by atoms with van der Waals surface area (Å²) in [7, 11) is 1.67. The van der Waals surface area contributed by atoms with Crippen LogP contribution in [0.3, 0.4) is 0 Å². The standard InChI is InChI=1S/C16H22N4OS.HI/c1-11-9-19-14(12(2)15(11)21-3)10-20-16(17)18-7-6-13-5-4-8-22-13;/h4-5,8-9H,6-7,10H2,1-3H3,(H3,17,18,20);1H. The molecule has 0 aromatic carbocycles. The molecular weight excluding hydrogens is 423 g/mol. The van der Waals surface area contributed by atoms with Gasteiger partial charge in [-0.1, -0.05) is 6.07 Å². The number of aliphatic imine (C=N–C) groups is 1. The highest BCUT2D eigenvalue weighted by atomic mass is 127. The molecule has 5 nitrogen and oxygen atoms in total. The number of rotatable bonds is 6. The molecule has 0 saturated carbocycles. The molecular formula is C16H23IN4OS. The number of nitrogens with two attached hydrogens (primary N) is 1. The second-order valence-electron chi connectivity index (χ2n) is 5.00. The van der Waals surface area contributed by atoms with Gasteiger partial charge in [-0.25, -0.2) is 4.99 Å². The third-order valence-corrected chi connectivity index (χ3v) is 4.34. The Kier molecular flexibility index (Phi) is 8.32. The molecule has 0 fully saturated rings. The van der Waals surface area contributed by atoms with E-state index in [2.05, 4.69) is 32.8 Å². The van der Waals surface area contributed by atoms with Gasteiger partial charge in [0.1, 0.15) is 5.75 Å². The van der Waals surface area contributed by atoms with Gasteiger partial charge in [0.15, 0.2) is 5.96 Å². The summed E-state index contributed by atoms with van der Waals surface area (Å²) in [6.45, 7) is 5.19. The fraction of sp³-hybridized carbons (Fsp3) is 0.375. The summed E-state index contributed by atoms with van der Waals surface area (Å²) in [6.07, 6.45) is 2.75. The second kappa shape index (κ2) is 9.71. The predicted molar refractivity (Wildman–Crippen MR) is 107 cm³/mol. The molecule has 0 radical (unpaired) electrons. The van der Waals surface area contributed by atoms with Crippen LogP contribution in [-0.4, -0.2) is 24.6 Å². The van der Waals surface area contributed by atoms with Crippen LogP contribution < -0.4 is 15.8 Å². The SMILES string of the molecule is COc1c(C)cnc(CN=C(N)NCCc2cccs2)c1C.I. The van der Waals surface area contributed by atoms with E-state index in [-0.39, 0.29) is 24.0 Å². The van der Waals surface area contributed by atoms with Crippen molar-refractivity contribution in [1.29, 1.82) is 0 Å². The molecule has 0 unspecified atom stereocenters. The summed E-state index contributed by atoms with van der Waals surface area (Å²) in [6, 6.07) is 4.17. The molecule has 0 saturated heterocycles. The van der Waals surface area contributed by atoms with Gasteiger partial charge in [-0.3, -0.25) is 4.98 Å². The fourth-order valence-electron chi connectivity index (χ4n) is 2.22. The first-order valence-electron chi connectivity index (χ1n) is 7.17. The summed E-state index contributed by atoms with van der Waals surface area (Å²) in [5.74, 6) is 1.31. The Morgan fingerprint density at radius 3 is 2.87 bits per heavy atom. The monoisotopic (exact) mass is 446 g/mol. The molecule has 0 spiro atoms. The highest BCUT2D eigenvalue weighted by Gasteiger charge is 2.08. The molecule has 0 amide bonds. The van der Waals surface area contributed by atoms with E-state index in [1.807, 2.05) is 13.8 Å². The lowest BCUT2D eigenvalue weighted by molar-refractivity contribution is 0.407. The first kappa shape index (κ1) is 19.7. The zero-order valence-electron chi connectivity index (χ0n) is 13.6. The van der Waals surface area contributed by atoms with Gasteiger partial charge in [-0.05, 0) is 31.7 Å². The number of methoxy groups -OCH3 is 1. The zero-order chi connectivity index (χ0) is 15.9. The Morgan fingerprint density at radius 1 is 1.43 bits per heavy atom. The number of aryl methyl sites for hydroxylation is 1. The van der Waals surface area contributed by atoms with Crippen molar-refractivity contribution in [3.8, 4) is 5.75 Å². The average molecular weight is 446 g/mol. The molecule has 2 aromatic heterocycles. The lowest BCUT2D eigenvalue weighted by Crippen LogP contribution is -2.33. The summed E-state index contributed by atoms with van der Waals surface area (Å²) < 4.78 is 5.40. The van der Waals surface area contributed by atoms with Crippen LogP contribution in [0.25, 0.3) is 0 Å². The number of aromatic nitrogens is 1. The van der Waals surface area contributed by atoms with Crippen LogP contribution in [0.2, 0.25) is 0 Å². The Labute approximate surface area is 158 Å². The van der Waals surface area contributed by atoms with Crippen molar-refractivity contribution in [3.63, 3.8) is 0 Å². The summed E-state index contributed by atoms with van der Waals surface area (Å²) in [4.78, 5) is 10.1. The van der Waals surface area contributed by atoms with Crippen molar-refractivity contribution in [2.75, 3.05) is 13.7 Å². The molecule has 2 rings (SSSR count). The van der Waals surface area contributed by atoms with Gasteiger partial charge in [-0.2, -0.15) is 0 Å². The zero-order valence-corrected chi connectivity index (χ0v) is 16.8. The van der Waals surface area contributed by atoms with Crippen molar-refractivity contribution in [2.45, 2.75) is 26.8 Å². The smallest absolute Gasteiger partial charge is 0.188 e. The van der Waals surface area contributed by atoms with Crippen LogP contribution in [0.15, 0.2) is 28.7 Å². The molecule has 126 valence electrons. The second-order valence-corrected chi connectivity index (χ2v) is 6.04. The number of hydrogen-bond acceptors (Lipinski definition) is 4. The first-order valence-corrected chi connectivity index (χ1v) is 8.05. The Morgan fingerprint density at radius 2 is 2.22 bits per heavy atom. The predicted octanol–water partition coefficient (Wildman–Crippen LogP) is 3.03. The molecule has 0 aliphatic carbocycles. The van der Waals surface area contributed by atoms with E-state index in [0.29, 0.717) is 12.5 Å². The number of hydrogen-bond donors (Lipinski definition) is 2. The van der Waals surface area contributed by atoms with Crippen molar-refractivity contribution in [3.05, 3.63) is 45.4 Å². The Bertz CT molecular complexity index is 644. The van der Waals surface area contributed by atoms with Crippen LogP contribution >= 0.6 is 35.3 Å². The quantitative estimate of drug-likeness (QED) is 0.407. The summed E-state index contributed by atoms with van der Waals surface area (Å²) >= 11 is 1.75. The summed E-state index contributed by atoms with van der Waals surface area (Å²) in [5.41, 5.74) is 8.81. The van der Waals surface area contributed by atoms with Gasteiger partial charge in [0, 0.05) is 28.7 Å². The molecule has 0 atom stereocenters. The van der Waals surface area contributed by atoms with E-state index in [1.165, 1.54) is 4.88 Å². The van der Waals surface area contributed by atoms with Gasteiger partial charge in [0.05, 0.1) is 19.3 Å². The van der Waals surface area contributed by atoms with Gasteiger partial charge in [0.2, 0.25) is 0 Å². The normalized spacial score (nSPS) is 11.0. The number of ether oxygens (including phenoxy) is 1. The van der Waals surface area contributed by atoms with Gasteiger partial charge < -0.3 is 15.8 Å². The van der Waals surface area contributed by atoms with E-state index in [1.54, 1.807) is 24.6 Å². The van der Waals surface area contributed by atoms with Crippen molar-refractivity contribution >= 4 is 41.3 Å². The number of nitrogens with one attached hydrogen (secondary N) is 1. The van der Waals surface area contributed by atoms with Crippen molar-refractivity contribution < 1.29 is 4.74 Å². The van der Waals surface area contributed by atoms with Crippen LogP contribution in [0.4, 0.5) is 0 Å². The van der Waals surface area contributed by atoms with E-state index >= 15 is 0 Å². The molecule has 3 N–H and O–H groups in total. The summed E-state index contributed by atoms with van der Waals surface area (Å²) in [5, 5.41) is 5.20. The van der Waals surface area contributed by atoms with Gasteiger partial charge >= 0.3 is 0 Å². The van der Waals surface area contributed by atoms with E-state index in [4.69, 9.17) is 10.5 Å². The van der Waals surface area contributed by atoms with Crippen molar-refractivity contribution in [1.82, 2.24) is 10.3 Å². The highest BCUT2D eigenvalue weighted by Crippen LogP contribution is 2.24. The number of guanidine groups is 1. The lowest BCUT2D eigenvalue weighted by Gasteiger charge is -2.11.